The number of halogens is 1. The SMILES string of the molecule is O=C(CSCc1ccc([N+](=O)[O-])cc1)NCc1ccc(F)cc1. The monoisotopic (exact) mass is 334 g/mol. The van der Waals surface area contributed by atoms with Crippen molar-refractivity contribution in [3.05, 3.63) is 75.6 Å². The lowest BCUT2D eigenvalue weighted by Gasteiger charge is -2.05. The predicted molar refractivity (Wildman–Crippen MR) is 87.5 cm³/mol. The molecule has 0 aromatic heterocycles. The van der Waals surface area contributed by atoms with Gasteiger partial charge in [0, 0.05) is 24.4 Å². The summed E-state index contributed by atoms with van der Waals surface area (Å²) in [5.74, 6) is 0.472. The number of nitro groups is 1. The lowest BCUT2D eigenvalue weighted by Crippen LogP contribution is -2.24. The van der Waals surface area contributed by atoms with E-state index in [2.05, 4.69) is 5.32 Å². The zero-order valence-electron chi connectivity index (χ0n) is 12.2. The Kier molecular flexibility index (Phi) is 6.10. The van der Waals surface area contributed by atoms with Gasteiger partial charge in [-0.05, 0) is 23.3 Å². The van der Waals surface area contributed by atoms with Crippen LogP contribution in [0.15, 0.2) is 48.5 Å². The van der Waals surface area contributed by atoms with Gasteiger partial charge in [-0.1, -0.05) is 24.3 Å². The molecule has 7 heteroatoms. The molecule has 0 aliphatic carbocycles. The van der Waals surface area contributed by atoms with Gasteiger partial charge in [-0.2, -0.15) is 0 Å². The highest BCUT2D eigenvalue weighted by molar-refractivity contribution is 7.99. The first kappa shape index (κ1) is 17.0. The Bertz CT molecular complexity index is 675. The van der Waals surface area contributed by atoms with E-state index in [0.29, 0.717) is 12.3 Å². The van der Waals surface area contributed by atoms with Crippen molar-refractivity contribution >= 4 is 23.4 Å². The summed E-state index contributed by atoms with van der Waals surface area (Å²) in [6.07, 6.45) is 0. The summed E-state index contributed by atoms with van der Waals surface area (Å²) in [7, 11) is 0. The van der Waals surface area contributed by atoms with Gasteiger partial charge in [-0.25, -0.2) is 4.39 Å². The fourth-order valence-corrected chi connectivity index (χ4v) is 2.65. The molecule has 23 heavy (non-hydrogen) atoms. The molecular formula is C16H15FN2O3S. The van der Waals surface area contributed by atoms with Crippen molar-refractivity contribution in [3.8, 4) is 0 Å². The number of carbonyl (C=O) groups is 1. The summed E-state index contributed by atoms with van der Waals surface area (Å²) < 4.78 is 12.8. The van der Waals surface area contributed by atoms with E-state index in [1.165, 1.54) is 36.0 Å². The number of hydrogen-bond donors (Lipinski definition) is 1. The highest BCUT2D eigenvalue weighted by Crippen LogP contribution is 2.16. The van der Waals surface area contributed by atoms with Crippen LogP contribution in [0.1, 0.15) is 11.1 Å². The van der Waals surface area contributed by atoms with Gasteiger partial charge in [0.15, 0.2) is 0 Å². The lowest BCUT2D eigenvalue weighted by atomic mass is 10.2. The summed E-state index contributed by atoms with van der Waals surface area (Å²) in [4.78, 5) is 21.8. The Balaban J connectivity index is 1.70. The van der Waals surface area contributed by atoms with Crippen LogP contribution in [0.3, 0.4) is 0 Å². The molecule has 2 aromatic carbocycles. The van der Waals surface area contributed by atoms with Crippen molar-refractivity contribution < 1.29 is 14.1 Å². The first-order valence-corrected chi connectivity index (χ1v) is 8.02. The van der Waals surface area contributed by atoms with E-state index in [4.69, 9.17) is 0 Å². The second-order valence-electron chi connectivity index (χ2n) is 4.82. The molecular weight excluding hydrogens is 319 g/mol. The smallest absolute Gasteiger partial charge is 0.269 e. The minimum absolute atomic E-state index is 0.0517. The normalized spacial score (nSPS) is 10.3. The Hall–Kier alpha value is -2.41. The maximum atomic E-state index is 12.8. The molecule has 0 atom stereocenters. The molecule has 2 aromatic rings. The zero-order valence-corrected chi connectivity index (χ0v) is 13.0. The summed E-state index contributed by atoms with van der Waals surface area (Å²) in [6.45, 7) is 0.358. The van der Waals surface area contributed by atoms with E-state index in [9.17, 15) is 19.3 Å². The number of benzene rings is 2. The van der Waals surface area contributed by atoms with Gasteiger partial charge in [-0.15, -0.1) is 11.8 Å². The summed E-state index contributed by atoms with van der Waals surface area (Å²) >= 11 is 1.42. The Morgan fingerprint density at radius 3 is 2.30 bits per heavy atom. The van der Waals surface area contributed by atoms with Gasteiger partial charge >= 0.3 is 0 Å². The molecule has 0 radical (unpaired) electrons. The number of nitrogens with zero attached hydrogens (tertiary/aromatic N) is 1. The van der Waals surface area contributed by atoms with E-state index in [-0.39, 0.29) is 23.2 Å². The first-order chi connectivity index (χ1) is 11.0. The van der Waals surface area contributed by atoms with Crippen LogP contribution in [0.4, 0.5) is 10.1 Å². The molecule has 0 heterocycles. The van der Waals surface area contributed by atoms with Crippen molar-refractivity contribution in [1.29, 1.82) is 0 Å². The molecule has 0 saturated heterocycles. The third-order valence-electron chi connectivity index (χ3n) is 3.05. The number of carbonyl (C=O) groups excluding carboxylic acids is 1. The topological polar surface area (TPSA) is 72.2 Å². The largest absolute Gasteiger partial charge is 0.351 e. The van der Waals surface area contributed by atoms with Crippen molar-refractivity contribution in [3.63, 3.8) is 0 Å². The lowest BCUT2D eigenvalue weighted by molar-refractivity contribution is -0.384. The summed E-state index contributed by atoms with van der Waals surface area (Å²) in [5, 5.41) is 13.3. The third-order valence-corrected chi connectivity index (χ3v) is 4.06. The van der Waals surface area contributed by atoms with E-state index < -0.39 is 4.92 Å². The molecule has 0 aliphatic rings. The minimum Gasteiger partial charge on any atom is -0.351 e. The van der Waals surface area contributed by atoms with Crippen LogP contribution >= 0.6 is 11.8 Å². The van der Waals surface area contributed by atoms with Crippen LogP contribution in [0.5, 0.6) is 0 Å². The number of hydrogen-bond acceptors (Lipinski definition) is 4. The zero-order chi connectivity index (χ0) is 16.7. The number of rotatable bonds is 7. The quantitative estimate of drug-likeness (QED) is 0.623. The van der Waals surface area contributed by atoms with E-state index >= 15 is 0 Å². The molecule has 0 saturated carbocycles. The van der Waals surface area contributed by atoms with Crippen LogP contribution in [0, 0.1) is 15.9 Å². The highest BCUT2D eigenvalue weighted by atomic mass is 32.2. The maximum absolute atomic E-state index is 12.8. The average Bonchev–Trinajstić information content (AvgIpc) is 2.55. The van der Waals surface area contributed by atoms with E-state index in [1.807, 2.05) is 0 Å². The van der Waals surface area contributed by atoms with Gasteiger partial charge < -0.3 is 5.32 Å². The molecule has 1 N–H and O–H groups in total. The van der Waals surface area contributed by atoms with Gasteiger partial charge in [0.2, 0.25) is 5.91 Å². The van der Waals surface area contributed by atoms with Crippen molar-refractivity contribution in [1.82, 2.24) is 5.32 Å². The molecule has 0 spiro atoms. The highest BCUT2D eigenvalue weighted by Gasteiger charge is 2.05. The Morgan fingerprint density at radius 2 is 1.70 bits per heavy atom. The second-order valence-corrected chi connectivity index (χ2v) is 5.81. The number of non-ortho nitro benzene ring substituents is 1. The van der Waals surface area contributed by atoms with E-state index in [1.54, 1.807) is 24.3 Å². The molecule has 0 aliphatic heterocycles. The third kappa shape index (κ3) is 5.71. The minimum atomic E-state index is -0.445. The van der Waals surface area contributed by atoms with E-state index in [0.717, 1.165) is 11.1 Å². The van der Waals surface area contributed by atoms with Crippen molar-refractivity contribution in [2.45, 2.75) is 12.3 Å². The number of thioether (sulfide) groups is 1. The van der Waals surface area contributed by atoms with Gasteiger partial charge in [0.1, 0.15) is 5.82 Å². The van der Waals surface area contributed by atoms with Gasteiger partial charge in [-0.3, -0.25) is 14.9 Å². The predicted octanol–water partition coefficient (Wildman–Crippen LogP) is 3.28. The molecule has 1 amide bonds. The first-order valence-electron chi connectivity index (χ1n) is 6.87. The molecule has 0 unspecified atom stereocenters. The summed E-state index contributed by atoms with van der Waals surface area (Å²) in [5.41, 5.74) is 1.81. The van der Waals surface area contributed by atoms with Crippen LogP contribution < -0.4 is 5.32 Å². The van der Waals surface area contributed by atoms with Crippen LogP contribution in [0.25, 0.3) is 0 Å². The van der Waals surface area contributed by atoms with Crippen LogP contribution in [-0.2, 0) is 17.1 Å². The molecule has 0 fully saturated rings. The fraction of sp³-hybridized carbons (Fsp3) is 0.188. The van der Waals surface area contributed by atoms with Crippen molar-refractivity contribution in [2.75, 3.05) is 5.75 Å². The molecule has 120 valence electrons. The number of nitro benzene ring substituents is 1. The van der Waals surface area contributed by atoms with Crippen LogP contribution in [-0.4, -0.2) is 16.6 Å². The molecule has 5 nitrogen and oxygen atoms in total. The van der Waals surface area contributed by atoms with Gasteiger partial charge in [0.25, 0.3) is 5.69 Å². The number of nitrogens with one attached hydrogen (secondary N) is 1. The molecule has 0 bridgehead atoms. The number of amides is 1. The summed E-state index contributed by atoms with van der Waals surface area (Å²) in [6, 6.07) is 12.2. The fourth-order valence-electron chi connectivity index (χ4n) is 1.83. The Morgan fingerprint density at radius 1 is 1.09 bits per heavy atom. The van der Waals surface area contributed by atoms with Gasteiger partial charge in [0.05, 0.1) is 10.7 Å². The molecule has 2 rings (SSSR count). The van der Waals surface area contributed by atoms with Crippen LogP contribution in [0.2, 0.25) is 0 Å². The second kappa shape index (κ2) is 8.28. The average molecular weight is 334 g/mol. The van der Waals surface area contributed by atoms with Crippen molar-refractivity contribution in [2.24, 2.45) is 0 Å². The maximum Gasteiger partial charge on any atom is 0.269 e. The Labute approximate surface area is 137 Å². The standard InChI is InChI=1S/C16H15FN2O3S/c17-14-5-1-12(2-6-14)9-18-16(20)11-23-10-13-3-7-15(8-4-13)19(21)22/h1-8H,9-11H2,(H,18,20).